The van der Waals surface area contributed by atoms with Crippen LogP contribution in [0.4, 0.5) is 5.69 Å². The minimum Gasteiger partial charge on any atom is -0.494 e. The number of para-hydroxylation sites is 1. The van der Waals surface area contributed by atoms with Gasteiger partial charge in [0.25, 0.3) is 0 Å². The number of carbonyl (C=O) groups excluding carboxylic acids is 1. The molecule has 0 unspecified atom stereocenters. The van der Waals surface area contributed by atoms with Crippen LogP contribution in [0.1, 0.15) is 55.7 Å². The first-order valence-corrected chi connectivity index (χ1v) is 12.8. The topological polar surface area (TPSA) is 67.6 Å². The monoisotopic (exact) mass is 475 g/mol. The molecule has 1 aliphatic heterocycles. The number of carbonyl (C=O) groups is 1. The summed E-state index contributed by atoms with van der Waals surface area (Å²) in [6.07, 6.45) is 3.59. The van der Waals surface area contributed by atoms with Gasteiger partial charge in [0.1, 0.15) is 11.5 Å². The molecule has 1 saturated heterocycles. The van der Waals surface area contributed by atoms with E-state index < -0.39 is 0 Å². The van der Waals surface area contributed by atoms with E-state index in [4.69, 9.17) is 14.1 Å². The van der Waals surface area contributed by atoms with Crippen molar-refractivity contribution in [1.82, 2.24) is 9.88 Å². The highest BCUT2D eigenvalue weighted by molar-refractivity contribution is 5.94. The lowest BCUT2D eigenvalue weighted by atomic mass is 9.95. The van der Waals surface area contributed by atoms with E-state index >= 15 is 0 Å². The van der Waals surface area contributed by atoms with Crippen LogP contribution in [0.5, 0.6) is 5.75 Å². The van der Waals surface area contributed by atoms with Gasteiger partial charge in [-0.3, -0.25) is 9.69 Å². The van der Waals surface area contributed by atoms with Crippen LogP contribution in [0.25, 0.3) is 11.5 Å². The Morgan fingerprint density at radius 2 is 1.86 bits per heavy atom. The van der Waals surface area contributed by atoms with Gasteiger partial charge in [0.15, 0.2) is 0 Å². The van der Waals surface area contributed by atoms with E-state index in [1.165, 1.54) is 5.56 Å². The molecule has 186 valence electrons. The average molecular weight is 476 g/mol. The standard InChI is InChI=1S/C29H37N3O3/c1-5-18-34-25-12-10-24(11-13-25)29-30-26(21(4)35-29)19-32-16-14-23(15-17-32)28(33)31-27-20(3)8-7-9-22(27)6-2/h7-13,23H,5-6,14-19H2,1-4H3,(H,31,33). The number of benzene rings is 2. The number of amides is 1. The highest BCUT2D eigenvalue weighted by Crippen LogP contribution is 2.27. The van der Waals surface area contributed by atoms with E-state index in [0.29, 0.717) is 12.5 Å². The van der Waals surface area contributed by atoms with Gasteiger partial charge in [0.2, 0.25) is 11.8 Å². The van der Waals surface area contributed by atoms with Gasteiger partial charge >= 0.3 is 0 Å². The van der Waals surface area contributed by atoms with Crippen molar-refractivity contribution in [1.29, 1.82) is 0 Å². The van der Waals surface area contributed by atoms with Crippen LogP contribution in [0.15, 0.2) is 46.9 Å². The molecule has 0 aliphatic carbocycles. The van der Waals surface area contributed by atoms with Crippen molar-refractivity contribution in [2.75, 3.05) is 25.0 Å². The number of piperidine rings is 1. The van der Waals surface area contributed by atoms with Crippen LogP contribution in [0, 0.1) is 19.8 Å². The first kappa shape index (κ1) is 25.0. The summed E-state index contributed by atoms with van der Waals surface area (Å²) in [5.74, 6) is 2.52. The molecular weight excluding hydrogens is 438 g/mol. The number of oxazole rings is 1. The molecule has 0 bridgehead atoms. The molecule has 4 rings (SSSR count). The van der Waals surface area contributed by atoms with Crippen molar-refractivity contribution < 1.29 is 13.9 Å². The van der Waals surface area contributed by atoms with Crippen LogP contribution in [-0.4, -0.2) is 35.5 Å². The Kier molecular flexibility index (Phi) is 8.24. The van der Waals surface area contributed by atoms with E-state index in [1.54, 1.807) is 0 Å². The lowest BCUT2D eigenvalue weighted by Crippen LogP contribution is -2.38. The Morgan fingerprint density at radius 1 is 1.11 bits per heavy atom. The minimum absolute atomic E-state index is 0.0398. The molecular formula is C29H37N3O3. The summed E-state index contributed by atoms with van der Waals surface area (Å²) in [5, 5.41) is 3.22. The number of hydrogen-bond acceptors (Lipinski definition) is 5. The number of ether oxygens (including phenoxy) is 1. The lowest BCUT2D eigenvalue weighted by Gasteiger charge is -2.31. The van der Waals surface area contributed by atoms with Gasteiger partial charge in [-0.2, -0.15) is 0 Å². The van der Waals surface area contributed by atoms with Gasteiger partial charge in [-0.15, -0.1) is 0 Å². The molecule has 0 saturated carbocycles. The molecule has 1 fully saturated rings. The molecule has 0 spiro atoms. The second-order valence-electron chi connectivity index (χ2n) is 9.40. The Balaban J connectivity index is 1.32. The number of aryl methyl sites for hydroxylation is 3. The molecule has 1 aromatic heterocycles. The molecule has 6 heteroatoms. The van der Waals surface area contributed by atoms with Gasteiger partial charge < -0.3 is 14.5 Å². The zero-order valence-electron chi connectivity index (χ0n) is 21.4. The molecule has 1 amide bonds. The number of aromatic nitrogens is 1. The van der Waals surface area contributed by atoms with Gasteiger partial charge in [0.05, 0.1) is 12.3 Å². The zero-order valence-corrected chi connectivity index (χ0v) is 21.4. The van der Waals surface area contributed by atoms with Crippen molar-refractivity contribution in [2.24, 2.45) is 5.92 Å². The minimum atomic E-state index is 0.0398. The lowest BCUT2D eigenvalue weighted by molar-refractivity contribution is -0.121. The Bertz CT molecular complexity index is 1130. The van der Waals surface area contributed by atoms with Gasteiger partial charge in [0, 0.05) is 23.7 Å². The third-order valence-electron chi connectivity index (χ3n) is 6.79. The quantitative estimate of drug-likeness (QED) is 0.401. The van der Waals surface area contributed by atoms with Crippen molar-refractivity contribution in [2.45, 2.75) is 59.9 Å². The van der Waals surface area contributed by atoms with Crippen LogP contribution in [-0.2, 0) is 17.8 Å². The van der Waals surface area contributed by atoms with Gasteiger partial charge in [-0.05, 0) is 88.0 Å². The van der Waals surface area contributed by atoms with Crippen LogP contribution in [0.2, 0.25) is 0 Å². The third kappa shape index (κ3) is 6.12. The molecule has 2 aromatic carbocycles. The summed E-state index contributed by atoms with van der Waals surface area (Å²) < 4.78 is 11.6. The highest BCUT2D eigenvalue weighted by Gasteiger charge is 2.27. The smallest absolute Gasteiger partial charge is 0.227 e. The molecule has 1 N–H and O–H groups in total. The molecule has 35 heavy (non-hydrogen) atoms. The number of likely N-dealkylation sites (tertiary alicyclic amines) is 1. The van der Waals surface area contributed by atoms with Crippen molar-refractivity contribution in [3.8, 4) is 17.2 Å². The summed E-state index contributed by atoms with van der Waals surface area (Å²) in [6.45, 7) is 11.4. The third-order valence-corrected chi connectivity index (χ3v) is 6.79. The maximum Gasteiger partial charge on any atom is 0.227 e. The number of hydrogen-bond donors (Lipinski definition) is 1. The second kappa shape index (κ2) is 11.5. The van der Waals surface area contributed by atoms with Crippen molar-refractivity contribution in [3.63, 3.8) is 0 Å². The zero-order chi connectivity index (χ0) is 24.8. The Hall–Kier alpha value is -3.12. The molecule has 6 nitrogen and oxygen atoms in total. The second-order valence-corrected chi connectivity index (χ2v) is 9.40. The molecule has 1 aliphatic rings. The maximum atomic E-state index is 13.0. The first-order valence-electron chi connectivity index (χ1n) is 12.8. The van der Waals surface area contributed by atoms with E-state index in [2.05, 4.69) is 49.2 Å². The number of rotatable bonds is 9. The molecule has 3 aromatic rings. The van der Waals surface area contributed by atoms with Crippen molar-refractivity contribution in [3.05, 3.63) is 65.0 Å². The predicted octanol–water partition coefficient (Wildman–Crippen LogP) is 6.16. The van der Waals surface area contributed by atoms with Crippen LogP contribution in [0.3, 0.4) is 0 Å². The normalized spacial score (nSPS) is 14.7. The summed E-state index contributed by atoms with van der Waals surface area (Å²) >= 11 is 0. The predicted molar refractivity (Wildman–Crippen MR) is 140 cm³/mol. The number of anilines is 1. The van der Waals surface area contributed by atoms with E-state index in [1.807, 2.05) is 31.2 Å². The molecule has 0 atom stereocenters. The van der Waals surface area contributed by atoms with Crippen LogP contribution >= 0.6 is 0 Å². The molecule has 0 radical (unpaired) electrons. The average Bonchev–Trinajstić information content (AvgIpc) is 3.24. The Morgan fingerprint density at radius 3 is 2.54 bits per heavy atom. The fourth-order valence-electron chi connectivity index (χ4n) is 4.60. The summed E-state index contributed by atoms with van der Waals surface area (Å²) in [6, 6.07) is 14.1. The first-order chi connectivity index (χ1) is 17.0. The molecule has 2 heterocycles. The summed E-state index contributed by atoms with van der Waals surface area (Å²) in [5.41, 5.74) is 5.20. The van der Waals surface area contributed by atoms with E-state index in [9.17, 15) is 4.79 Å². The SMILES string of the molecule is CCCOc1ccc(-c2nc(CN3CCC(C(=O)Nc4c(C)cccc4CC)CC3)c(C)o2)cc1. The maximum absolute atomic E-state index is 13.0. The largest absolute Gasteiger partial charge is 0.494 e. The highest BCUT2D eigenvalue weighted by atomic mass is 16.5. The van der Waals surface area contributed by atoms with Gasteiger partial charge in [-0.25, -0.2) is 4.98 Å². The fourth-order valence-corrected chi connectivity index (χ4v) is 4.60. The summed E-state index contributed by atoms with van der Waals surface area (Å²) in [4.78, 5) is 20.1. The van der Waals surface area contributed by atoms with Crippen molar-refractivity contribution >= 4 is 11.6 Å². The van der Waals surface area contributed by atoms with Crippen LogP contribution < -0.4 is 10.1 Å². The number of nitrogens with zero attached hydrogens (tertiary/aromatic N) is 2. The Labute approximate surface area is 208 Å². The number of nitrogens with one attached hydrogen (secondary N) is 1. The van der Waals surface area contributed by atoms with E-state index in [0.717, 1.165) is 79.3 Å². The summed E-state index contributed by atoms with van der Waals surface area (Å²) in [7, 11) is 0. The van der Waals surface area contributed by atoms with Gasteiger partial charge in [-0.1, -0.05) is 32.0 Å². The fraction of sp³-hybridized carbons (Fsp3) is 0.448. The van der Waals surface area contributed by atoms with E-state index in [-0.39, 0.29) is 11.8 Å².